The van der Waals surface area contributed by atoms with E-state index in [-0.39, 0.29) is 0 Å². The van der Waals surface area contributed by atoms with Crippen LogP contribution in [0.5, 0.6) is 0 Å². The number of aromatic nitrogens is 2. The fourth-order valence-electron chi connectivity index (χ4n) is 4.01. The number of benzene rings is 1. The summed E-state index contributed by atoms with van der Waals surface area (Å²) in [5.41, 5.74) is 1.39. The second-order valence-electron chi connectivity index (χ2n) is 7.95. The summed E-state index contributed by atoms with van der Waals surface area (Å²) in [7, 11) is 4.14. The van der Waals surface area contributed by atoms with Gasteiger partial charge in [0.05, 0.1) is 17.6 Å². The highest BCUT2D eigenvalue weighted by Gasteiger charge is 2.30. The third-order valence-electron chi connectivity index (χ3n) is 5.49. The first-order valence-corrected chi connectivity index (χ1v) is 9.83. The lowest BCUT2D eigenvalue weighted by molar-refractivity contribution is -0.137. The van der Waals surface area contributed by atoms with E-state index in [1.165, 1.54) is 24.2 Å². The van der Waals surface area contributed by atoms with Crippen LogP contribution in [-0.4, -0.2) is 52.6 Å². The standard InChI is InChI=1S/C21H29F3N4/c1-26(15-20-12-25-16-27(20)2)13-18-6-4-9-28(14-18)10-8-17-5-3-7-19(11-17)21(22,23)24/h3,5,7,11-12,16,18H,4,6,8-10,13-15H2,1-2H3. The molecule has 0 radical (unpaired) electrons. The number of imidazole rings is 1. The van der Waals surface area contributed by atoms with Gasteiger partial charge in [0, 0.05) is 39.4 Å². The highest BCUT2D eigenvalue weighted by molar-refractivity contribution is 5.25. The summed E-state index contributed by atoms with van der Waals surface area (Å²) < 4.78 is 40.7. The maximum atomic E-state index is 12.9. The molecular weight excluding hydrogens is 365 g/mol. The largest absolute Gasteiger partial charge is 0.416 e. The van der Waals surface area contributed by atoms with Crippen molar-refractivity contribution in [3.8, 4) is 0 Å². The minimum atomic E-state index is -4.27. The average Bonchev–Trinajstić information content (AvgIpc) is 3.04. The van der Waals surface area contributed by atoms with Gasteiger partial charge in [-0.05, 0) is 50.4 Å². The normalized spacial score (nSPS) is 18.7. The van der Waals surface area contributed by atoms with Crippen molar-refractivity contribution in [3.63, 3.8) is 0 Å². The quantitative estimate of drug-likeness (QED) is 0.714. The van der Waals surface area contributed by atoms with Gasteiger partial charge >= 0.3 is 6.18 Å². The van der Waals surface area contributed by atoms with E-state index >= 15 is 0 Å². The van der Waals surface area contributed by atoms with Crippen LogP contribution in [0.15, 0.2) is 36.8 Å². The lowest BCUT2D eigenvalue weighted by atomic mass is 9.97. The van der Waals surface area contributed by atoms with Crippen LogP contribution < -0.4 is 0 Å². The number of halogens is 3. The molecule has 3 rings (SSSR count). The number of hydrogen-bond acceptors (Lipinski definition) is 3. The molecule has 1 aliphatic heterocycles. The van der Waals surface area contributed by atoms with Gasteiger partial charge in [-0.25, -0.2) is 4.98 Å². The van der Waals surface area contributed by atoms with Crippen LogP contribution in [0.1, 0.15) is 29.7 Å². The van der Waals surface area contributed by atoms with Crippen LogP contribution in [0, 0.1) is 5.92 Å². The molecule has 1 saturated heterocycles. The summed E-state index contributed by atoms with van der Waals surface area (Å²) in [4.78, 5) is 8.89. The van der Waals surface area contributed by atoms with Crippen molar-refractivity contribution in [1.29, 1.82) is 0 Å². The van der Waals surface area contributed by atoms with E-state index in [1.807, 2.05) is 24.1 Å². The molecule has 1 atom stereocenters. The molecule has 1 aliphatic rings. The van der Waals surface area contributed by atoms with Gasteiger partial charge in [0.15, 0.2) is 0 Å². The van der Waals surface area contributed by atoms with E-state index in [0.29, 0.717) is 12.3 Å². The summed E-state index contributed by atoms with van der Waals surface area (Å²) >= 11 is 0. The molecule has 154 valence electrons. The van der Waals surface area contributed by atoms with Crippen molar-refractivity contribution in [2.45, 2.75) is 32.0 Å². The van der Waals surface area contributed by atoms with Gasteiger partial charge in [0.25, 0.3) is 0 Å². The van der Waals surface area contributed by atoms with Crippen LogP contribution in [0.3, 0.4) is 0 Å². The average molecular weight is 394 g/mol. The number of piperidine rings is 1. The minimum Gasteiger partial charge on any atom is -0.337 e. The topological polar surface area (TPSA) is 24.3 Å². The molecule has 1 unspecified atom stereocenters. The Morgan fingerprint density at radius 2 is 2.11 bits per heavy atom. The van der Waals surface area contributed by atoms with Gasteiger partial charge in [0.2, 0.25) is 0 Å². The van der Waals surface area contributed by atoms with E-state index in [4.69, 9.17) is 0 Å². The zero-order valence-corrected chi connectivity index (χ0v) is 16.6. The first-order chi connectivity index (χ1) is 13.3. The lowest BCUT2D eigenvalue weighted by Gasteiger charge is -2.34. The van der Waals surface area contributed by atoms with Crippen molar-refractivity contribution in [2.24, 2.45) is 13.0 Å². The van der Waals surface area contributed by atoms with Gasteiger partial charge in [-0.3, -0.25) is 0 Å². The maximum Gasteiger partial charge on any atom is 0.416 e. The molecule has 0 saturated carbocycles. The molecule has 0 bridgehead atoms. The first kappa shape index (κ1) is 20.9. The number of alkyl halides is 3. The summed E-state index contributed by atoms with van der Waals surface area (Å²) in [5, 5.41) is 0. The van der Waals surface area contributed by atoms with Crippen LogP contribution in [0.2, 0.25) is 0 Å². The molecule has 7 heteroatoms. The Bertz CT molecular complexity index is 756. The van der Waals surface area contributed by atoms with Crippen molar-refractivity contribution >= 4 is 0 Å². The number of likely N-dealkylation sites (tertiary alicyclic amines) is 1. The SMILES string of the molecule is CN(Cc1cncn1C)CC1CCCN(CCc2cccc(C(F)(F)F)c2)C1. The van der Waals surface area contributed by atoms with Gasteiger partial charge < -0.3 is 14.4 Å². The van der Waals surface area contributed by atoms with E-state index in [9.17, 15) is 13.2 Å². The highest BCUT2D eigenvalue weighted by atomic mass is 19.4. The zero-order valence-electron chi connectivity index (χ0n) is 16.6. The van der Waals surface area contributed by atoms with E-state index in [1.54, 1.807) is 6.07 Å². The Morgan fingerprint density at radius 1 is 1.29 bits per heavy atom. The van der Waals surface area contributed by atoms with E-state index in [2.05, 4.69) is 21.8 Å². The summed E-state index contributed by atoms with van der Waals surface area (Å²) in [6, 6.07) is 5.71. The molecule has 0 spiro atoms. The number of rotatable bonds is 7. The molecule has 0 N–H and O–H groups in total. The van der Waals surface area contributed by atoms with Crippen molar-refractivity contribution in [1.82, 2.24) is 19.4 Å². The van der Waals surface area contributed by atoms with Crippen LogP contribution in [0.25, 0.3) is 0 Å². The Morgan fingerprint density at radius 3 is 2.82 bits per heavy atom. The maximum absolute atomic E-state index is 12.9. The first-order valence-electron chi connectivity index (χ1n) is 9.83. The second-order valence-corrected chi connectivity index (χ2v) is 7.95. The van der Waals surface area contributed by atoms with E-state index in [0.717, 1.165) is 50.8 Å². The third-order valence-corrected chi connectivity index (χ3v) is 5.49. The lowest BCUT2D eigenvalue weighted by Crippen LogP contribution is -2.40. The minimum absolute atomic E-state index is 0.557. The van der Waals surface area contributed by atoms with Gasteiger partial charge in [-0.1, -0.05) is 18.2 Å². The molecule has 28 heavy (non-hydrogen) atoms. The molecule has 1 aromatic carbocycles. The Hall–Kier alpha value is -1.86. The zero-order chi connectivity index (χ0) is 20.1. The number of aryl methyl sites for hydroxylation is 1. The van der Waals surface area contributed by atoms with Crippen LogP contribution in [0.4, 0.5) is 13.2 Å². The van der Waals surface area contributed by atoms with Gasteiger partial charge in [-0.15, -0.1) is 0 Å². The molecule has 0 amide bonds. The van der Waals surface area contributed by atoms with Crippen molar-refractivity contribution in [2.75, 3.05) is 33.2 Å². The molecule has 0 aliphatic carbocycles. The van der Waals surface area contributed by atoms with Crippen molar-refractivity contribution < 1.29 is 13.2 Å². The predicted octanol–water partition coefficient (Wildman–Crippen LogP) is 3.83. The summed E-state index contributed by atoms with van der Waals surface area (Å²) in [6.45, 7) is 4.74. The monoisotopic (exact) mass is 394 g/mol. The molecule has 1 aromatic heterocycles. The fraction of sp³-hybridized carbons (Fsp3) is 0.571. The second kappa shape index (κ2) is 9.09. The summed E-state index contributed by atoms with van der Waals surface area (Å²) in [6.07, 6.45) is 2.45. The molecule has 2 aromatic rings. The van der Waals surface area contributed by atoms with Crippen LogP contribution >= 0.6 is 0 Å². The van der Waals surface area contributed by atoms with Crippen molar-refractivity contribution in [3.05, 3.63) is 53.6 Å². The smallest absolute Gasteiger partial charge is 0.337 e. The van der Waals surface area contributed by atoms with Gasteiger partial charge in [-0.2, -0.15) is 13.2 Å². The van der Waals surface area contributed by atoms with Gasteiger partial charge in [0.1, 0.15) is 0 Å². The molecular formula is C21H29F3N4. The Balaban J connectivity index is 1.48. The fourth-order valence-corrected chi connectivity index (χ4v) is 4.01. The third kappa shape index (κ3) is 5.82. The highest BCUT2D eigenvalue weighted by Crippen LogP contribution is 2.29. The Labute approximate surface area is 165 Å². The number of hydrogen-bond donors (Lipinski definition) is 0. The van der Waals surface area contributed by atoms with E-state index < -0.39 is 11.7 Å². The Kier molecular flexibility index (Phi) is 6.78. The molecule has 1 fully saturated rings. The predicted molar refractivity (Wildman–Crippen MR) is 104 cm³/mol. The van der Waals surface area contributed by atoms with Crippen LogP contribution in [-0.2, 0) is 26.2 Å². The number of nitrogens with zero attached hydrogens (tertiary/aromatic N) is 4. The summed E-state index contributed by atoms with van der Waals surface area (Å²) in [5.74, 6) is 0.591. The molecule has 4 nitrogen and oxygen atoms in total. The molecule has 2 heterocycles.